The highest BCUT2D eigenvalue weighted by atomic mass is 16.2. The summed E-state index contributed by atoms with van der Waals surface area (Å²) < 4.78 is 0. The Kier molecular flexibility index (Phi) is 2.31. The fraction of sp³-hybridized carbons (Fsp3) is 0.143. The maximum Gasteiger partial charge on any atom is 0.323 e. The van der Waals surface area contributed by atoms with Crippen LogP contribution in [0.5, 0.6) is 0 Å². The lowest BCUT2D eigenvalue weighted by atomic mass is 10.4. The Balaban J connectivity index is 1.96. The molecule has 8 nitrogen and oxygen atoms in total. The van der Waals surface area contributed by atoms with Gasteiger partial charge in [0.25, 0.3) is 5.91 Å². The molecule has 78 valence electrons. The number of imidazole rings is 1. The second-order valence-electron chi connectivity index (χ2n) is 2.77. The summed E-state index contributed by atoms with van der Waals surface area (Å²) in [5.74, 6) is 0.158. The molecule has 0 atom stereocenters. The Labute approximate surface area is 83.1 Å². The van der Waals surface area contributed by atoms with Crippen molar-refractivity contribution in [3.63, 3.8) is 0 Å². The van der Waals surface area contributed by atoms with E-state index in [1.54, 1.807) is 0 Å². The van der Waals surface area contributed by atoms with Crippen molar-refractivity contribution in [2.75, 3.05) is 0 Å². The number of aromatic amines is 3. The van der Waals surface area contributed by atoms with Crippen LogP contribution in [0.1, 0.15) is 16.3 Å². The Morgan fingerprint density at radius 3 is 3.00 bits per heavy atom. The zero-order valence-corrected chi connectivity index (χ0v) is 7.57. The molecule has 2 rings (SSSR count). The van der Waals surface area contributed by atoms with Crippen LogP contribution >= 0.6 is 0 Å². The average Bonchev–Trinajstić information content (AvgIpc) is 2.84. The lowest BCUT2D eigenvalue weighted by Gasteiger charge is -1.99. The van der Waals surface area contributed by atoms with Crippen molar-refractivity contribution in [1.82, 2.24) is 30.5 Å². The standard InChI is InChI=1S/C7H8N6O2/c14-6(4-1-9-7(15)12-4)8-2-5-10-3-11-13-5/h1,3H,2H2,(H,8,14)(H2,9,12,15)(H,10,11,13). The van der Waals surface area contributed by atoms with Crippen LogP contribution in [0.3, 0.4) is 0 Å². The maximum atomic E-state index is 11.4. The third-order valence-corrected chi connectivity index (χ3v) is 1.72. The van der Waals surface area contributed by atoms with Crippen molar-refractivity contribution in [2.45, 2.75) is 6.54 Å². The van der Waals surface area contributed by atoms with Gasteiger partial charge in [-0.05, 0) is 0 Å². The normalized spacial score (nSPS) is 10.1. The summed E-state index contributed by atoms with van der Waals surface area (Å²) in [5.41, 5.74) is -0.237. The van der Waals surface area contributed by atoms with Gasteiger partial charge in [-0.1, -0.05) is 0 Å². The predicted octanol–water partition coefficient (Wildman–Crippen LogP) is -1.25. The minimum Gasteiger partial charge on any atom is -0.343 e. The van der Waals surface area contributed by atoms with E-state index >= 15 is 0 Å². The summed E-state index contributed by atoms with van der Waals surface area (Å²) >= 11 is 0. The molecule has 0 spiro atoms. The van der Waals surface area contributed by atoms with Crippen LogP contribution in [0.4, 0.5) is 0 Å². The van der Waals surface area contributed by atoms with Crippen LogP contribution in [-0.2, 0) is 6.54 Å². The lowest BCUT2D eigenvalue weighted by molar-refractivity contribution is 0.0945. The van der Waals surface area contributed by atoms with Gasteiger partial charge in [-0.2, -0.15) is 5.10 Å². The van der Waals surface area contributed by atoms with E-state index in [-0.39, 0.29) is 18.1 Å². The van der Waals surface area contributed by atoms with Gasteiger partial charge in [0.05, 0.1) is 6.54 Å². The number of amides is 1. The first-order valence-electron chi connectivity index (χ1n) is 4.16. The molecule has 0 unspecified atom stereocenters. The minimum absolute atomic E-state index is 0.180. The molecule has 0 aliphatic rings. The van der Waals surface area contributed by atoms with Crippen LogP contribution < -0.4 is 11.0 Å². The molecule has 2 aromatic heterocycles. The van der Waals surface area contributed by atoms with Gasteiger partial charge in [0.2, 0.25) is 0 Å². The van der Waals surface area contributed by atoms with Gasteiger partial charge in [-0.25, -0.2) is 9.78 Å². The molecular formula is C7H8N6O2. The van der Waals surface area contributed by atoms with Crippen molar-refractivity contribution >= 4 is 5.91 Å². The molecule has 0 aliphatic carbocycles. The first-order chi connectivity index (χ1) is 7.25. The molecular weight excluding hydrogens is 200 g/mol. The maximum absolute atomic E-state index is 11.4. The van der Waals surface area contributed by atoms with E-state index in [4.69, 9.17) is 0 Å². The van der Waals surface area contributed by atoms with Crippen LogP contribution in [0.15, 0.2) is 17.3 Å². The van der Waals surface area contributed by atoms with Gasteiger partial charge in [0.1, 0.15) is 17.8 Å². The molecule has 0 bridgehead atoms. The lowest BCUT2D eigenvalue weighted by Crippen LogP contribution is -2.24. The van der Waals surface area contributed by atoms with Gasteiger partial charge in [-0.15, -0.1) is 0 Å². The number of aromatic nitrogens is 5. The van der Waals surface area contributed by atoms with Crippen molar-refractivity contribution in [3.8, 4) is 0 Å². The van der Waals surface area contributed by atoms with Crippen LogP contribution in [0.25, 0.3) is 0 Å². The van der Waals surface area contributed by atoms with Gasteiger partial charge in [0.15, 0.2) is 0 Å². The van der Waals surface area contributed by atoms with Gasteiger partial charge in [-0.3, -0.25) is 9.89 Å². The van der Waals surface area contributed by atoms with Crippen LogP contribution in [0, 0.1) is 0 Å². The second kappa shape index (κ2) is 3.78. The van der Waals surface area contributed by atoms with Crippen molar-refractivity contribution in [2.24, 2.45) is 0 Å². The molecule has 0 fully saturated rings. The topological polar surface area (TPSA) is 119 Å². The number of H-pyrrole nitrogens is 3. The zero-order valence-electron chi connectivity index (χ0n) is 7.57. The minimum atomic E-state index is -0.417. The SMILES string of the molecule is O=C(NCc1ncn[nH]1)c1c[nH]c(=O)[nH]1. The van der Waals surface area contributed by atoms with Crippen molar-refractivity contribution in [3.05, 3.63) is 34.5 Å². The van der Waals surface area contributed by atoms with Gasteiger partial charge in [0, 0.05) is 6.20 Å². The molecule has 0 saturated carbocycles. The fourth-order valence-corrected chi connectivity index (χ4v) is 1.03. The van der Waals surface area contributed by atoms with E-state index in [0.29, 0.717) is 5.82 Å². The zero-order chi connectivity index (χ0) is 10.7. The highest BCUT2D eigenvalue weighted by molar-refractivity contribution is 5.91. The summed E-state index contributed by atoms with van der Waals surface area (Å²) in [6.45, 7) is 0.228. The summed E-state index contributed by atoms with van der Waals surface area (Å²) in [6, 6.07) is 0. The molecule has 15 heavy (non-hydrogen) atoms. The molecule has 0 aliphatic heterocycles. The number of carbonyl (C=O) groups is 1. The Bertz CT molecular complexity index is 496. The third-order valence-electron chi connectivity index (χ3n) is 1.72. The molecule has 0 aromatic carbocycles. The smallest absolute Gasteiger partial charge is 0.323 e. The van der Waals surface area contributed by atoms with E-state index in [9.17, 15) is 9.59 Å². The summed E-state index contributed by atoms with van der Waals surface area (Å²) in [6.07, 6.45) is 2.65. The average molecular weight is 208 g/mol. The number of rotatable bonds is 3. The monoisotopic (exact) mass is 208 g/mol. The predicted molar refractivity (Wildman–Crippen MR) is 49.0 cm³/mol. The van der Waals surface area contributed by atoms with Crippen LogP contribution in [-0.4, -0.2) is 31.1 Å². The first kappa shape index (κ1) is 9.19. The van der Waals surface area contributed by atoms with E-state index in [0.717, 1.165) is 0 Å². The molecule has 0 saturated heterocycles. The van der Waals surface area contributed by atoms with Gasteiger partial charge >= 0.3 is 5.69 Å². The van der Waals surface area contributed by atoms with E-state index < -0.39 is 5.69 Å². The Morgan fingerprint density at radius 2 is 2.40 bits per heavy atom. The molecule has 4 N–H and O–H groups in total. The summed E-state index contributed by atoms with van der Waals surface area (Å²) in [4.78, 5) is 30.6. The highest BCUT2D eigenvalue weighted by Crippen LogP contribution is 1.89. The van der Waals surface area contributed by atoms with Crippen LogP contribution in [0.2, 0.25) is 0 Å². The number of nitrogens with zero attached hydrogens (tertiary/aromatic N) is 2. The number of carbonyl (C=O) groups excluding carboxylic acids is 1. The summed E-state index contributed by atoms with van der Waals surface area (Å²) in [5, 5.41) is 8.77. The molecule has 2 heterocycles. The Hall–Kier alpha value is -2.38. The quantitative estimate of drug-likeness (QED) is 0.503. The van der Waals surface area contributed by atoms with E-state index in [1.165, 1.54) is 12.5 Å². The second-order valence-corrected chi connectivity index (χ2v) is 2.77. The highest BCUT2D eigenvalue weighted by Gasteiger charge is 2.07. The molecule has 1 amide bonds. The van der Waals surface area contributed by atoms with E-state index in [1.807, 2.05) is 0 Å². The molecule has 2 aromatic rings. The van der Waals surface area contributed by atoms with Crippen molar-refractivity contribution in [1.29, 1.82) is 0 Å². The first-order valence-corrected chi connectivity index (χ1v) is 4.16. The fourth-order valence-electron chi connectivity index (χ4n) is 1.03. The molecule has 0 radical (unpaired) electrons. The third kappa shape index (κ3) is 2.10. The summed E-state index contributed by atoms with van der Waals surface area (Å²) in [7, 11) is 0. The van der Waals surface area contributed by atoms with Crippen molar-refractivity contribution < 1.29 is 4.79 Å². The van der Waals surface area contributed by atoms with E-state index in [2.05, 4.69) is 30.5 Å². The number of nitrogens with one attached hydrogen (secondary N) is 4. The Morgan fingerprint density at radius 1 is 1.53 bits per heavy atom. The largest absolute Gasteiger partial charge is 0.343 e. The van der Waals surface area contributed by atoms with Gasteiger partial charge < -0.3 is 15.3 Å². The molecule has 8 heteroatoms. The number of hydrogen-bond acceptors (Lipinski definition) is 4. The number of hydrogen-bond donors (Lipinski definition) is 4.